The quantitative estimate of drug-likeness (QED) is 0.707. The Hall–Kier alpha value is -2.17. The Balaban J connectivity index is 1.90. The number of anilines is 1. The van der Waals surface area contributed by atoms with Crippen molar-refractivity contribution in [1.82, 2.24) is 4.98 Å². The predicted octanol–water partition coefficient (Wildman–Crippen LogP) is 4.71. The number of thiazole rings is 1. The van der Waals surface area contributed by atoms with Gasteiger partial charge in [-0.3, -0.25) is 0 Å². The maximum atomic E-state index is 9.93. The van der Waals surface area contributed by atoms with Crippen molar-refractivity contribution in [3.05, 3.63) is 82.4 Å². The van der Waals surface area contributed by atoms with Crippen molar-refractivity contribution in [3.63, 3.8) is 0 Å². The summed E-state index contributed by atoms with van der Waals surface area (Å²) in [7, 11) is 0. The second-order valence-electron chi connectivity index (χ2n) is 5.95. The average molecular weight is 338 g/mol. The van der Waals surface area contributed by atoms with Gasteiger partial charge in [0.15, 0.2) is 5.13 Å². The van der Waals surface area contributed by atoms with Crippen LogP contribution in [0.25, 0.3) is 0 Å². The normalized spacial score (nSPS) is 12.1. The fourth-order valence-electron chi connectivity index (χ4n) is 2.72. The maximum absolute atomic E-state index is 9.93. The van der Waals surface area contributed by atoms with Gasteiger partial charge in [-0.05, 0) is 25.0 Å². The summed E-state index contributed by atoms with van der Waals surface area (Å²) in [5.74, 6) is 0. The third-order valence-corrected chi connectivity index (χ3v) is 5.29. The first-order chi connectivity index (χ1) is 11.6. The summed E-state index contributed by atoms with van der Waals surface area (Å²) in [6.45, 7) is 5.35. The highest BCUT2D eigenvalue weighted by Gasteiger charge is 2.17. The Kier molecular flexibility index (Phi) is 5.28. The summed E-state index contributed by atoms with van der Waals surface area (Å²) in [4.78, 5) is 7.92. The third kappa shape index (κ3) is 4.02. The Morgan fingerprint density at radius 3 is 1.88 bits per heavy atom. The lowest BCUT2D eigenvalue weighted by atomic mass is 10.2. The first-order valence-electron chi connectivity index (χ1n) is 8.11. The van der Waals surface area contributed by atoms with Gasteiger partial charge in [0.25, 0.3) is 0 Å². The van der Waals surface area contributed by atoms with Crippen molar-refractivity contribution in [3.8, 4) is 0 Å². The van der Waals surface area contributed by atoms with Gasteiger partial charge in [-0.1, -0.05) is 72.0 Å². The van der Waals surface area contributed by atoms with Gasteiger partial charge in [-0.15, -0.1) is 0 Å². The molecule has 1 N–H and O–H groups in total. The Morgan fingerprint density at radius 1 is 0.958 bits per heavy atom. The molecule has 1 unspecified atom stereocenters. The van der Waals surface area contributed by atoms with Gasteiger partial charge < -0.3 is 10.0 Å². The van der Waals surface area contributed by atoms with Crippen LogP contribution < -0.4 is 4.90 Å². The van der Waals surface area contributed by atoms with Gasteiger partial charge in [0, 0.05) is 13.1 Å². The fourth-order valence-corrected chi connectivity index (χ4v) is 3.72. The molecule has 4 heteroatoms. The summed E-state index contributed by atoms with van der Waals surface area (Å²) in [6, 6.07) is 20.8. The van der Waals surface area contributed by atoms with Gasteiger partial charge in [-0.25, -0.2) is 4.98 Å². The molecule has 3 aromatic rings. The van der Waals surface area contributed by atoms with Gasteiger partial charge in [0.05, 0.1) is 16.7 Å². The Bertz CT molecular complexity index is 727. The maximum Gasteiger partial charge on any atom is 0.186 e. The zero-order chi connectivity index (χ0) is 16.9. The SMILES string of the molecule is Cc1nc(N(Cc2ccccc2)Cc2ccccc2)sc1C(C)O. The lowest BCUT2D eigenvalue weighted by molar-refractivity contribution is 0.202. The van der Waals surface area contributed by atoms with Crippen LogP contribution in [0.4, 0.5) is 5.13 Å². The van der Waals surface area contributed by atoms with Crippen LogP contribution in [0.5, 0.6) is 0 Å². The molecule has 0 spiro atoms. The van der Waals surface area contributed by atoms with Gasteiger partial charge in [-0.2, -0.15) is 0 Å². The van der Waals surface area contributed by atoms with Crippen molar-refractivity contribution >= 4 is 16.5 Å². The van der Waals surface area contributed by atoms with Crippen molar-refractivity contribution in [2.75, 3.05) is 4.90 Å². The molecule has 3 nitrogen and oxygen atoms in total. The molecule has 1 atom stereocenters. The lowest BCUT2D eigenvalue weighted by Crippen LogP contribution is -2.21. The minimum atomic E-state index is -0.480. The first-order valence-corrected chi connectivity index (χ1v) is 8.93. The highest BCUT2D eigenvalue weighted by Crippen LogP contribution is 2.32. The number of aliphatic hydroxyl groups excluding tert-OH is 1. The Morgan fingerprint density at radius 2 is 1.46 bits per heavy atom. The molecular formula is C20H22N2OS. The zero-order valence-electron chi connectivity index (χ0n) is 14.0. The standard InChI is InChI=1S/C20H22N2OS/c1-15-19(16(2)23)24-20(21-15)22(13-17-9-5-3-6-10-17)14-18-11-7-4-8-12-18/h3-12,16,23H,13-14H2,1-2H3. The molecule has 3 rings (SSSR count). The van der Waals surface area contributed by atoms with Crippen molar-refractivity contribution in [2.24, 2.45) is 0 Å². The molecule has 0 radical (unpaired) electrons. The molecule has 2 aromatic carbocycles. The lowest BCUT2D eigenvalue weighted by Gasteiger charge is -2.22. The Labute approximate surface area is 147 Å². The van der Waals surface area contributed by atoms with Crippen molar-refractivity contribution < 1.29 is 5.11 Å². The average Bonchev–Trinajstić information content (AvgIpc) is 2.98. The molecule has 0 bridgehead atoms. The van der Waals surface area contributed by atoms with E-state index in [9.17, 15) is 5.11 Å². The molecule has 124 valence electrons. The fraction of sp³-hybridized carbons (Fsp3) is 0.250. The highest BCUT2D eigenvalue weighted by atomic mass is 32.1. The number of hydrogen-bond donors (Lipinski definition) is 1. The number of aryl methyl sites for hydroxylation is 1. The summed E-state index contributed by atoms with van der Waals surface area (Å²) in [5.41, 5.74) is 3.41. The van der Waals surface area contributed by atoms with E-state index in [-0.39, 0.29) is 0 Å². The minimum absolute atomic E-state index is 0.480. The molecular weight excluding hydrogens is 316 g/mol. The van der Waals surface area contributed by atoms with Crippen LogP contribution in [0.3, 0.4) is 0 Å². The number of rotatable bonds is 6. The number of aromatic nitrogens is 1. The van der Waals surface area contributed by atoms with Crippen LogP contribution >= 0.6 is 11.3 Å². The van der Waals surface area contributed by atoms with Crippen LogP contribution in [0.1, 0.15) is 34.7 Å². The molecule has 24 heavy (non-hydrogen) atoms. The first kappa shape index (κ1) is 16.7. The van der Waals surface area contributed by atoms with Crippen LogP contribution in [0.2, 0.25) is 0 Å². The topological polar surface area (TPSA) is 36.4 Å². The van der Waals surface area contributed by atoms with E-state index in [1.807, 2.05) is 19.1 Å². The van der Waals surface area contributed by atoms with Crippen LogP contribution in [-0.4, -0.2) is 10.1 Å². The predicted molar refractivity (Wildman–Crippen MR) is 100 cm³/mol. The van der Waals surface area contributed by atoms with Gasteiger partial charge in [0.2, 0.25) is 0 Å². The zero-order valence-corrected chi connectivity index (χ0v) is 14.8. The second-order valence-corrected chi connectivity index (χ2v) is 6.96. The number of aliphatic hydroxyl groups is 1. The molecule has 0 aliphatic carbocycles. The summed E-state index contributed by atoms with van der Waals surface area (Å²) < 4.78 is 0. The molecule has 0 amide bonds. The number of nitrogens with zero attached hydrogens (tertiary/aromatic N) is 2. The summed E-state index contributed by atoms with van der Waals surface area (Å²) in [5, 5.41) is 10.9. The summed E-state index contributed by atoms with van der Waals surface area (Å²) in [6.07, 6.45) is -0.480. The van der Waals surface area contributed by atoms with Crippen LogP contribution in [0.15, 0.2) is 60.7 Å². The number of benzene rings is 2. The molecule has 0 saturated heterocycles. The van der Waals surface area contributed by atoms with E-state index in [4.69, 9.17) is 4.98 Å². The van der Waals surface area contributed by atoms with Crippen LogP contribution in [-0.2, 0) is 13.1 Å². The van der Waals surface area contributed by atoms with E-state index < -0.39 is 6.10 Å². The summed E-state index contributed by atoms with van der Waals surface area (Å²) >= 11 is 1.58. The van der Waals surface area contributed by atoms with E-state index in [0.717, 1.165) is 28.8 Å². The molecule has 0 aliphatic rings. The van der Waals surface area contributed by atoms with Crippen LogP contribution in [0, 0.1) is 6.92 Å². The molecule has 0 aliphatic heterocycles. The van der Waals surface area contributed by atoms with E-state index in [1.54, 1.807) is 18.3 Å². The van der Waals surface area contributed by atoms with Gasteiger partial charge in [0.1, 0.15) is 0 Å². The van der Waals surface area contributed by atoms with Crippen molar-refractivity contribution in [1.29, 1.82) is 0 Å². The van der Waals surface area contributed by atoms with E-state index in [2.05, 4.69) is 53.4 Å². The smallest absolute Gasteiger partial charge is 0.186 e. The highest BCUT2D eigenvalue weighted by molar-refractivity contribution is 7.15. The van der Waals surface area contributed by atoms with Gasteiger partial charge >= 0.3 is 0 Å². The third-order valence-electron chi connectivity index (χ3n) is 3.90. The van der Waals surface area contributed by atoms with E-state index >= 15 is 0 Å². The molecule has 0 fully saturated rings. The van der Waals surface area contributed by atoms with Crippen molar-refractivity contribution in [2.45, 2.75) is 33.0 Å². The van der Waals surface area contributed by atoms with E-state index in [0.29, 0.717) is 0 Å². The monoisotopic (exact) mass is 338 g/mol. The minimum Gasteiger partial charge on any atom is -0.388 e. The number of hydrogen-bond acceptors (Lipinski definition) is 4. The largest absolute Gasteiger partial charge is 0.388 e. The molecule has 1 heterocycles. The van der Waals surface area contributed by atoms with E-state index in [1.165, 1.54) is 11.1 Å². The molecule has 1 aromatic heterocycles. The molecule has 0 saturated carbocycles. The second kappa shape index (κ2) is 7.60.